The van der Waals surface area contributed by atoms with Crippen molar-refractivity contribution < 1.29 is 4.39 Å². The van der Waals surface area contributed by atoms with E-state index in [9.17, 15) is 4.39 Å². The van der Waals surface area contributed by atoms with Gasteiger partial charge >= 0.3 is 0 Å². The fraction of sp³-hybridized carbons (Fsp3) is 0.667. The number of nitrogens with zero attached hydrogens (tertiary/aromatic N) is 2. The summed E-state index contributed by atoms with van der Waals surface area (Å²) in [6.07, 6.45) is 6.73. The minimum atomic E-state index is -0.303. The molecule has 2 N–H and O–H groups in total. The number of pyridine rings is 1. The Labute approximate surface area is 162 Å². The summed E-state index contributed by atoms with van der Waals surface area (Å²) in [7, 11) is 0. The van der Waals surface area contributed by atoms with Gasteiger partial charge in [-0.05, 0) is 49.7 Å². The molecule has 4 nitrogen and oxygen atoms in total. The van der Waals surface area contributed by atoms with Gasteiger partial charge in [-0.2, -0.15) is 0 Å². The molecule has 0 aliphatic heterocycles. The minimum Gasteiger partial charge on any atom is -0.357 e. The highest BCUT2D eigenvalue weighted by Crippen LogP contribution is 2.45. The molecular formula is C18H30FIN4. The molecule has 1 heterocycles. The molecule has 1 saturated carbocycles. The van der Waals surface area contributed by atoms with Crippen molar-refractivity contribution in [3.8, 4) is 0 Å². The van der Waals surface area contributed by atoms with Crippen LogP contribution in [0.3, 0.4) is 0 Å². The van der Waals surface area contributed by atoms with E-state index in [-0.39, 0.29) is 36.3 Å². The van der Waals surface area contributed by atoms with E-state index in [4.69, 9.17) is 0 Å². The van der Waals surface area contributed by atoms with Crippen molar-refractivity contribution in [3.63, 3.8) is 0 Å². The Morgan fingerprint density at radius 2 is 2.12 bits per heavy atom. The smallest absolute Gasteiger partial charge is 0.191 e. The van der Waals surface area contributed by atoms with Crippen LogP contribution in [-0.4, -0.2) is 24.0 Å². The van der Waals surface area contributed by atoms with Crippen LogP contribution >= 0.6 is 24.0 Å². The first kappa shape index (κ1) is 21.1. The van der Waals surface area contributed by atoms with Gasteiger partial charge in [0.25, 0.3) is 0 Å². The van der Waals surface area contributed by atoms with Crippen LogP contribution in [0.1, 0.15) is 52.1 Å². The highest BCUT2D eigenvalue weighted by molar-refractivity contribution is 14.0. The number of aliphatic imine (C=N–C) groups is 1. The molecule has 0 radical (unpaired) electrons. The molecule has 6 heteroatoms. The Hall–Kier alpha value is -0.920. The quantitative estimate of drug-likeness (QED) is 0.375. The second-order valence-electron chi connectivity index (χ2n) is 6.93. The lowest BCUT2D eigenvalue weighted by Crippen LogP contribution is -2.47. The van der Waals surface area contributed by atoms with E-state index in [0.717, 1.165) is 19.0 Å². The number of rotatable bonds is 7. The molecule has 0 atom stereocenters. The van der Waals surface area contributed by atoms with Crippen molar-refractivity contribution in [2.75, 3.05) is 13.1 Å². The summed E-state index contributed by atoms with van der Waals surface area (Å²) in [5, 5.41) is 6.68. The molecule has 0 saturated heterocycles. The molecular weight excluding hydrogens is 418 g/mol. The number of aromatic nitrogens is 1. The summed E-state index contributed by atoms with van der Waals surface area (Å²) < 4.78 is 13.6. The maximum absolute atomic E-state index is 13.6. The molecule has 2 rings (SSSR count). The SMILES string of the molecule is CCNC(=NCc1ncccc1F)NCC1(CC(C)C)CCC1.I. The van der Waals surface area contributed by atoms with Crippen molar-refractivity contribution in [2.24, 2.45) is 16.3 Å². The van der Waals surface area contributed by atoms with Crippen LogP contribution in [0.4, 0.5) is 4.39 Å². The first-order valence-corrected chi connectivity index (χ1v) is 8.66. The fourth-order valence-corrected chi connectivity index (χ4v) is 3.30. The summed E-state index contributed by atoms with van der Waals surface area (Å²) in [4.78, 5) is 8.53. The number of hydrogen-bond acceptors (Lipinski definition) is 2. The number of halogens is 2. The van der Waals surface area contributed by atoms with E-state index in [1.807, 2.05) is 6.92 Å². The Morgan fingerprint density at radius 3 is 2.67 bits per heavy atom. The average molecular weight is 448 g/mol. The van der Waals surface area contributed by atoms with Crippen LogP contribution in [0.15, 0.2) is 23.3 Å². The first-order chi connectivity index (χ1) is 11.0. The van der Waals surface area contributed by atoms with E-state index in [1.54, 1.807) is 12.3 Å². The standard InChI is InChI=1S/C18H29FN4.HI/c1-4-20-17(22-12-16-15(19)7-5-10-21-16)23-13-18(8-6-9-18)11-14(2)3;/h5,7,10,14H,4,6,8-9,11-13H2,1-3H3,(H2,20,22,23);1H. The second kappa shape index (κ2) is 10.2. The van der Waals surface area contributed by atoms with Gasteiger partial charge in [-0.15, -0.1) is 24.0 Å². The molecule has 1 fully saturated rings. The van der Waals surface area contributed by atoms with Crippen LogP contribution in [0.5, 0.6) is 0 Å². The Kier molecular flexibility index (Phi) is 8.94. The fourth-order valence-electron chi connectivity index (χ4n) is 3.30. The third-order valence-corrected chi connectivity index (χ3v) is 4.45. The first-order valence-electron chi connectivity index (χ1n) is 8.66. The molecule has 0 aromatic carbocycles. The molecule has 0 unspecified atom stereocenters. The van der Waals surface area contributed by atoms with Crippen LogP contribution in [0.2, 0.25) is 0 Å². The maximum Gasteiger partial charge on any atom is 0.191 e. The Morgan fingerprint density at radius 1 is 1.38 bits per heavy atom. The third kappa shape index (κ3) is 6.18. The normalized spacial score (nSPS) is 16.3. The Balaban J connectivity index is 0.00000288. The predicted octanol–water partition coefficient (Wildman–Crippen LogP) is 4.11. The zero-order chi connectivity index (χ0) is 16.7. The number of hydrogen-bond donors (Lipinski definition) is 2. The highest BCUT2D eigenvalue weighted by atomic mass is 127. The van der Waals surface area contributed by atoms with E-state index >= 15 is 0 Å². The number of nitrogens with one attached hydrogen (secondary N) is 2. The van der Waals surface area contributed by atoms with Crippen molar-refractivity contribution in [2.45, 2.75) is 53.0 Å². The van der Waals surface area contributed by atoms with Gasteiger partial charge in [-0.1, -0.05) is 20.3 Å². The topological polar surface area (TPSA) is 49.3 Å². The van der Waals surface area contributed by atoms with Gasteiger partial charge in [0.1, 0.15) is 5.82 Å². The average Bonchev–Trinajstić information content (AvgIpc) is 2.48. The molecule has 24 heavy (non-hydrogen) atoms. The van der Waals surface area contributed by atoms with Crippen molar-refractivity contribution in [1.29, 1.82) is 0 Å². The second-order valence-corrected chi connectivity index (χ2v) is 6.93. The molecule has 1 aromatic rings. The van der Waals surface area contributed by atoms with Crippen LogP contribution in [-0.2, 0) is 6.54 Å². The lowest BCUT2D eigenvalue weighted by atomic mass is 9.64. The minimum absolute atomic E-state index is 0. The van der Waals surface area contributed by atoms with Crippen molar-refractivity contribution in [3.05, 3.63) is 29.8 Å². The van der Waals surface area contributed by atoms with Crippen LogP contribution in [0, 0.1) is 17.2 Å². The predicted molar refractivity (Wildman–Crippen MR) is 108 cm³/mol. The summed E-state index contributed by atoms with van der Waals surface area (Å²) in [5.41, 5.74) is 0.783. The summed E-state index contributed by atoms with van der Waals surface area (Å²) in [5.74, 6) is 1.15. The van der Waals surface area contributed by atoms with Gasteiger partial charge in [0, 0.05) is 19.3 Å². The van der Waals surface area contributed by atoms with Gasteiger partial charge in [0.2, 0.25) is 0 Å². The zero-order valence-corrected chi connectivity index (χ0v) is 17.3. The van der Waals surface area contributed by atoms with Gasteiger partial charge < -0.3 is 10.6 Å². The van der Waals surface area contributed by atoms with Crippen LogP contribution in [0.25, 0.3) is 0 Å². The molecule has 136 valence electrons. The summed E-state index contributed by atoms with van der Waals surface area (Å²) >= 11 is 0. The van der Waals surface area contributed by atoms with Gasteiger partial charge in [0.05, 0.1) is 12.2 Å². The molecule has 0 amide bonds. The maximum atomic E-state index is 13.6. The molecule has 0 bridgehead atoms. The Bertz CT molecular complexity index is 530. The summed E-state index contributed by atoms with van der Waals surface area (Å²) in [6.45, 7) is 8.56. The molecule has 1 aromatic heterocycles. The zero-order valence-electron chi connectivity index (χ0n) is 14.9. The van der Waals surface area contributed by atoms with Crippen molar-refractivity contribution >= 4 is 29.9 Å². The highest BCUT2D eigenvalue weighted by Gasteiger charge is 2.37. The van der Waals surface area contributed by atoms with Gasteiger partial charge in [-0.3, -0.25) is 4.98 Å². The lowest BCUT2D eigenvalue weighted by Gasteiger charge is -2.43. The van der Waals surface area contributed by atoms with E-state index in [0.29, 0.717) is 17.0 Å². The number of guanidine groups is 1. The van der Waals surface area contributed by atoms with E-state index in [2.05, 4.69) is 34.5 Å². The molecule has 0 spiro atoms. The van der Waals surface area contributed by atoms with E-state index < -0.39 is 0 Å². The third-order valence-electron chi connectivity index (χ3n) is 4.45. The van der Waals surface area contributed by atoms with Crippen LogP contribution < -0.4 is 10.6 Å². The monoisotopic (exact) mass is 448 g/mol. The van der Waals surface area contributed by atoms with Crippen molar-refractivity contribution in [1.82, 2.24) is 15.6 Å². The lowest BCUT2D eigenvalue weighted by molar-refractivity contribution is 0.104. The van der Waals surface area contributed by atoms with Gasteiger partial charge in [0.15, 0.2) is 5.96 Å². The largest absolute Gasteiger partial charge is 0.357 e. The van der Waals surface area contributed by atoms with E-state index in [1.165, 1.54) is 31.7 Å². The molecule has 1 aliphatic rings. The molecule has 1 aliphatic carbocycles. The summed E-state index contributed by atoms with van der Waals surface area (Å²) in [6, 6.07) is 3.02. The van der Waals surface area contributed by atoms with Gasteiger partial charge in [-0.25, -0.2) is 9.38 Å².